The summed E-state index contributed by atoms with van der Waals surface area (Å²) < 4.78 is 30.8. The van der Waals surface area contributed by atoms with E-state index in [1.807, 2.05) is 44.3 Å². The van der Waals surface area contributed by atoms with Crippen molar-refractivity contribution in [2.75, 3.05) is 11.5 Å². The first kappa shape index (κ1) is 15.9. The molecule has 0 bridgehead atoms. The summed E-state index contributed by atoms with van der Waals surface area (Å²) in [5.74, 6) is 1.33. The number of hydrogen-bond acceptors (Lipinski definition) is 3. The lowest BCUT2D eigenvalue weighted by Gasteiger charge is -2.10. The highest BCUT2D eigenvalue weighted by Crippen LogP contribution is 2.23. The van der Waals surface area contributed by atoms with Gasteiger partial charge in [-0.05, 0) is 44.5 Å². The van der Waals surface area contributed by atoms with Crippen molar-refractivity contribution in [3.63, 3.8) is 0 Å². The molecule has 0 radical (unpaired) electrons. The van der Waals surface area contributed by atoms with Gasteiger partial charge in [0.15, 0.2) is 0 Å². The van der Waals surface area contributed by atoms with Gasteiger partial charge in [0.1, 0.15) is 15.6 Å². The average Bonchev–Trinajstić information content (AvgIpc) is 2.80. The van der Waals surface area contributed by atoms with Crippen LogP contribution in [0.3, 0.4) is 0 Å². The zero-order valence-corrected chi connectivity index (χ0v) is 13.7. The van der Waals surface area contributed by atoms with Crippen molar-refractivity contribution in [1.29, 1.82) is 0 Å². The number of sulfone groups is 1. The molecule has 0 aliphatic heterocycles. The Labute approximate surface area is 126 Å². The molecular weight excluding hydrogens is 286 g/mol. The Morgan fingerprint density at radius 1 is 1.24 bits per heavy atom. The highest BCUT2D eigenvalue weighted by Gasteiger charge is 2.08. The zero-order valence-electron chi connectivity index (χ0n) is 12.9. The monoisotopic (exact) mass is 309 g/mol. The smallest absolute Gasteiger partial charge is 0.150 e. The molecule has 0 spiro atoms. The van der Waals surface area contributed by atoms with Gasteiger partial charge in [-0.15, -0.1) is 0 Å². The predicted molar refractivity (Wildman–Crippen MR) is 86.6 cm³/mol. The van der Waals surface area contributed by atoms with Gasteiger partial charge in [0.2, 0.25) is 0 Å². The lowest BCUT2D eigenvalue weighted by molar-refractivity contribution is 0.243. The van der Waals surface area contributed by atoms with Crippen LogP contribution < -0.4 is 4.74 Å². The normalized spacial score (nSPS) is 12.2. The molecule has 0 amide bonds. The molecule has 1 aromatic heterocycles. The average molecular weight is 309 g/mol. The summed E-state index contributed by atoms with van der Waals surface area (Å²) in [6.45, 7) is 6.41. The van der Waals surface area contributed by atoms with E-state index < -0.39 is 9.84 Å². The van der Waals surface area contributed by atoms with E-state index in [2.05, 4.69) is 4.57 Å². The van der Waals surface area contributed by atoms with Gasteiger partial charge in [-0.3, -0.25) is 0 Å². The van der Waals surface area contributed by atoms with Crippen molar-refractivity contribution in [2.24, 2.45) is 0 Å². The van der Waals surface area contributed by atoms with E-state index in [0.717, 1.165) is 16.7 Å². The predicted octanol–water partition coefficient (Wildman–Crippen LogP) is 3.25. The highest BCUT2D eigenvalue weighted by molar-refractivity contribution is 7.91. The van der Waals surface area contributed by atoms with Crippen LogP contribution in [0.2, 0.25) is 0 Å². The summed E-state index contributed by atoms with van der Waals surface area (Å²) in [6.07, 6.45) is 2.80. The van der Waals surface area contributed by atoms with Crippen LogP contribution in [0.25, 0.3) is 10.9 Å². The lowest BCUT2D eigenvalue weighted by Crippen LogP contribution is -2.11. The number of ether oxygens (including phenoxy) is 1. The summed E-state index contributed by atoms with van der Waals surface area (Å²) in [5, 5.41) is 1.12. The highest BCUT2D eigenvalue weighted by atomic mass is 32.2. The van der Waals surface area contributed by atoms with Crippen LogP contribution in [-0.2, 0) is 16.4 Å². The van der Waals surface area contributed by atoms with Crippen molar-refractivity contribution >= 4 is 20.7 Å². The quantitative estimate of drug-likeness (QED) is 0.789. The van der Waals surface area contributed by atoms with E-state index in [1.165, 1.54) is 0 Å². The molecule has 116 valence electrons. The Kier molecular flexibility index (Phi) is 4.93. The molecule has 1 aromatic carbocycles. The molecule has 0 aliphatic carbocycles. The second kappa shape index (κ2) is 6.52. The Bertz CT molecular complexity index is 701. The van der Waals surface area contributed by atoms with Crippen LogP contribution in [0.5, 0.6) is 5.75 Å². The van der Waals surface area contributed by atoms with E-state index in [9.17, 15) is 8.42 Å². The van der Waals surface area contributed by atoms with Gasteiger partial charge in [-0.1, -0.05) is 6.92 Å². The van der Waals surface area contributed by atoms with Crippen molar-refractivity contribution in [3.8, 4) is 5.75 Å². The van der Waals surface area contributed by atoms with E-state index >= 15 is 0 Å². The van der Waals surface area contributed by atoms with Crippen molar-refractivity contribution < 1.29 is 13.2 Å². The topological polar surface area (TPSA) is 48.3 Å². The molecule has 5 heteroatoms. The lowest BCUT2D eigenvalue weighted by atomic mass is 10.2. The maximum Gasteiger partial charge on any atom is 0.150 e. The van der Waals surface area contributed by atoms with Gasteiger partial charge in [-0.2, -0.15) is 0 Å². The zero-order chi connectivity index (χ0) is 15.5. The maximum atomic E-state index is 11.5. The van der Waals surface area contributed by atoms with Crippen LogP contribution in [0, 0.1) is 0 Å². The molecule has 1 heterocycles. The van der Waals surface area contributed by atoms with Crippen molar-refractivity contribution in [3.05, 3.63) is 30.5 Å². The van der Waals surface area contributed by atoms with Crippen LogP contribution in [0.4, 0.5) is 0 Å². The number of benzene rings is 1. The van der Waals surface area contributed by atoms with Gasteiger partial charge in [0.05, 0.1) is 11.9 Å². The first-order valence-corrected chi connectivity index (χ1v) is 9.19. The molecule has 2 aromatic rings. The summed E-state index contributed by atoms with van der Waals surface area (Å²) in [4.78, 5) is 0. The minimum absolute atomic E-state index is 0.156. The number of aryl methyl sites for hydroxylation is 1. The largest absolute Gasteiger partial charge is 0.491 e. The fraction of sp³-hybridized carbons (Fsp3) is 0.500. The Morgan fingerprint density at radius 2 is 2.00 bits per heavy atom. The second-order valence-electron chi connectivity index (χ2n) is 5.49. The minimum atomic E-state index is -2.88. The molecule has 0 saturated heterocycles. The number of nitrogens with zero attached hydrogens (tertiary/aromatic N) is 1. The number of aromatic nitrogens is 1. The van der Waals surface area contributed by atoms with Crippen molar-refractivity contribution in [2.45, 2.75) is 39.8 Å². The van der Waals surface area contributed by atoms with E-state index in [1.54, 1.807) is 6.92 Å². The third kappa shape index (κ3) is 4.24. The molecule has 0 atom stereocenters. The Hall–Kier alpha value is -1.49. The Morgan fingerprint density at radius 3 is 2.67 bits per heavy atom. The van der Waals surface area contributed by atoms with Crippen LogP contribution in [-0.4, -0.2) is 30.6 Å². The minimum Gasteiger partial charge on any atom is -0.491 e. The van der Waals surface area contributed by atoms with Crippen molar-refractivity contribution in [1.82, 2.24) is 4.57 Å². The molecule has 0 N–H and O–H groups in total. The van der Waals surface area contributed by atoms with Crippen LogP contribution in [0.15, 0.2) is 30.5 Å². The van der Waals surface area contributed by atoms with Gasteiger partial charge in [-0.25, -0.2) is 8.42 Å². The van der Waals surface area contributed by atoms with Gasteiger partial charge in [0.25, 0.3) is 0 Å². The summed E-state index contributed by atoms with van der Waals surface area (Å²) in [5.41, 5.74) is 1.11. The first-order chi connectivity index (χ1) is 9.91. The molecule has 2 rings (SSSR count). The summed E-state index contributed by atoms with van der Waals surface area (Å²) >= 11 is 0. The SMILES string of the molecule is CCS(=O)(=O)CCCn1ccc2cc(OC(C)C)ccc21. The Balaban J connectivity index is 2.08. The third-order valence-corrected chi connectivity index (χ3v) is 5.20. The molecule has 0 unspecified atom stereocenters. The molecule has 0 aliphatic rings. The molecular formula is C16H23NO3S. The van der Waals surface area contributed by atoms with E-state index in [4.69, 9.17) is 4.74 Å². The molecule has 4 nitrogen and oxygen atoms in total. The summed E-state index contributed by atoms with van der Waals surface area (Å²) in [6, 6.07) is 8.05. The second-order valence-corrected chi connectivity index (χ2v) is 7.96. The number of hydrogen-bond donors (Lipinski definition) is 0. The third-order valence-electron chi connectivity index (χ3n) is 3.41. The molecule has 0 saturated carbocycles. The van der Waals surface area contributed by atoms with E-state index in [-0.39, 0.29) is 17.6 Å². The molecule has 0 fully saturated rings. The summed E-state index contributed by atoms with van der Waals surface area (Å²) in [7, 11) is -2.88. The van der Waals surface area contributed by atoms with Crippen LogP contribution >= 0.6 is 0 Å². The molecule has 21 heavy (non-hydrogen) atoms. The first-order valence-electron chi connectivity index (χ1n) is 7.37. The fourth-order valence-corrected chi connectivity index (χ4v) is 3.18. The maximum absolute atomic E-state index is 11.5. The van der Waals surface area contributed by atoms with Gasteiger partial charge in [0, 0.05) is 29.4 Å². The standard InChI is InChI=1S/C16H23NO3S/c1-4-21(18,19)11-5-9-17-10-8-14-12-15(20-13(2)3)6-7-16(14)17/h6-8,10,12-13H,4-5,9,11H2,1-3H3. The van der Waals surface area contributed by atoms with Gasteiger partial charge >= 0.3 is 0 Å². The number of fused-ring (bicyclic) bond motifs is 1. The van der Waals surface area contributed by atoms with Gasteiger partial charge < -0.3 is 9.30 Å². The number of rotatable bonds is 7. The van der Waals surface area contributed by atoms with E-state index in [0.29, 0.717) is 13.0 Å². The fourth-order valence-electron chi connectivity index (χ4n) is 2.32. The van der Waals surface area contributed by atoms with Crippen LogP contribution in [0.1, 0.15) is 27.2 Å².